The fourth-order valence-corrected chi connectivity index (χ4v) is 4.27. The van der Waals surface area contributed by atoms with Crippen molar-refractivity contribution >= 4 is 46.1 Å². The van der Waals surface area contributed by atoms with E-state index in [1.54, 1.807) is 54.6 Å². The minimum atomic E-state index is -1.12. The number of hydrogen-bond donors (Lipinski definition) is 3. The van der Waals surface area contributed by atoms with Crippen molar-refractivity contribution in [2.45, 2.75) is 0 Å². The normalized spacial score (nSPS) is 13.4. The number of carbonyl (C=O) groups excluding carboxylic acids is 2. The maximum atomic E-state index is 13.1. The molecule has 7 heteroatoms. The SMILES string of the molecule is O=C(O)CN(C(=O)c1ccccc1)c1ccc(N/C(=C2\C(=O)Nc3ccccc32)c2ccccc2)cc1. The van der Waals surface area contributed by atoms with Crippen molar-refractivity contribution in [2.24, 2.45) is 0 Å². The molecule has 4 aromatic carbocycles. The predicted molar refractivity (Wildman–Crippen MR) is 144 cm³/mol. The molecular formula is C30H23N3O4. The highest BCUT2D eigenvalue weighted by Gasteiger charge is 2.28. The van der Waals surface area contributed by atoms with E-state index in [4.69, 9.17) is 0 Å². The van der Waals surface area contributed by atoms with E-state index in [-0.39, 0.29) is 5.91 Å². The van der Waals surface area contributed by atoms with Crippen molar-refractivity contribution in [3.05, 3.63) is 126 Å². The molecule has 0 fully saturated rings. The molecule has 0 saturated heterocycles. The van der Waals surface area contributed by atoms with Crippen molar-refractivity contribution in [3.8, 4) is 0 Å². The molecule has 0 spiro atoms. The Kier molecular flexibility index (Phi) is 6.50. The summed E-state index contributed by atoms with van der Waals surface area (Å²) in [6, 6.07) is 32.5. The number of hydrogen-bond acceptors (Lipinski definition) is 4. The summed E-state index contributed by atoms with van der Waals surface area (Å²) in [5, 5.41) is 15.7. The Morgan fingerprint density at radius 2 is 1.35 bits per heavy atom. The number of carbonyl (C=O) groups is 3. The predicted octanol–water partition coefficient (Wildman–Crippen LogP) is 5.35. The molecule has 0 aliphatic carbocycles. The number of aliphatic carboxylic acids is 1. The van der Waals surface area contributed by atoms with Gasteiger partial charge in [-0.05, 0) is 48.0 Å². The quantitative estimate of drug-likeness (QED) is 0.304. The van der Waals surface area contributed by atoms with Gasteiger partial charge in [-0.25, -0.2) is 0 Å². The Morgan fingerprint density at radius 3 is 2.00 bits per heavy atom. The first kappa shape index (κ1) is 23.6. The van der Waals surface area contributed by atoms with Crippen molar-refractivity contribution in [1.82, 2.24) is 0 Å². The van der Waals surface area contributed by atoms with Crippen LogP contribution >= 0.6 is 0 Å². The second-order valence-electron chi connectivity index (χ2n) is 8.44. The average Bonchev–Trinajstić information content (AvgIpc) is 3.26. The van der Waals surface area contributed by atoms with E-state index in [0.717, 1.165) is 16.8 Å². The van der Waals surface area contributed by atoms with Crippen molar-refractivity contribution in [2.75, 3.05) is 22.1 Å². The Hall–Kier alpha value is -5.17. The van der Waals surface area contributed by atoms with Gasteiger partial charge in [-0.3, -0.25) is 19.3 Å². The standard InChI is InChI=1S/C30H23N3O4/c34-26(35)19-33(30(37)21-11-5-2-6-12-21)23-17-15-22(16-18-23)31-28(20-9-3-1-4-10-20)27-24-13-7-8-14-25(24)32-29(27)36/h1-18,31H,19H2,(H,32,36)(H,34,35)/b28-27-. The van der Waals surface area contributed by atoms with Crippen LogP contribution in [0.4, 0.5) is 17.1 Å². The summed E-state index contributed by atoms with van der Waals surface area (Å²) in [5.41, 5.74) is 5.06. The molecule has 1 aliphatic heterocycles. The second kappa shape index (κ2) is 10.2. The number of para-hydroxylation sites is 1. The van der Waals surface area contributed by atoms with E-state index in [1.807, 2.05) is 54.6 Å². The van der Waals surface area contributed by atoms with Crippen LogP contribution in [0.15, 0.2) is 109 Å². The van der Waals surface area contributed by atoms with E-state index in [0.29, 0.717) is 28.2 Å². The van der Waals surface area contributed by atoms with Crippen molar-refractivity contribution in [3.63, 3.8) is 0 Å². The van der Waals surface area contributed by atoms with Gasteiger partial charge in [0.2, 0.25) is 0 Å². The molecule has 2 amide bonds. The van der Waals surface area contributed by atoms with Gasteiger partial charge in [0.25, 0.3) is 11.8 Å². The Morgan fingerprint density at radius 1 is 0.757 bits per heavy atom. The number of benzene rings is 4. The minimum Gasteiger partial charge on any atom is -0.480 e. The summed E-state index contributed by atoms with van der Waals surface area (Å²) in [6.45, 7) is -0.475. The van der Waals surface area contributed by atoms with Gasteiger partial charge in [-0.1, -0.05) is 66.7 Å². The summed E-state index contributed by atoms with van der Waals surface area (Å²) in [7, 11) is 0. The zero-order valence-electron chi connectivity index (χ0n) is 19.7. The maximum Gasteiger partial charge on any atom is 0.323 e. The van der Waals surface area contributed by atoms with Crippen LogP contribution in [-0.4, -0.2) is 29.4 Å². The topological polar surface area (TPSA) is 98.7 Å². The van der Waals surface area contributed by atoms with Gasteiger partial charge in [0.15, 0.2) is 0 Å². The summed E-state index contributed by atoms with van der Waals surface area (Å²) in [6.07, 6.45) is 0. The number of nitrogens with one attached hydrogen (secondary N) is 2. The molecule has 0 atom stereocenters. The summed E-state index contributed by atoms with van der Waals surface area (Å²) in [5.74, 6) is -1.73. The van der Waals surface area contributed by atoms with E-state index >= 15 is 0 Å². The van der Waals surface area contributed by atoms with Crippen LogP contribution < -0.4 is 15.5 Å². The third-order valence-electron chi connectivity index (χ3n) is 5.99. The van der Waals surface area contributed by atoms with Crippen molar-refractivity contribution < 1.29 is 19.5 Å². The number of carboxylic acids is 1. The molecule has 4 aromatic rings. The average molecular weight is 490 g/mol. The maximum absolute atomic E-state index is 13.1. The molecular weight excluding hydrogens is 466 g/mol. The van der Waals surface area contributed by atoms with Gasteiger partial charge in [-0.15, -0.1) is 0 Å². The lowest BCUT2D eigenvalue weighted by Gasteiger charge is -2.22. The highest BCUT2D eigenvalue weighted by Crippen LogP contribution is 2.37. The first-order valence-corrected chi connectivity index (χ1v) is 11.7. The first-order chi connectivity index (χ1) is 18.0. The Bertz CT molecular complexity index is 1500. The van der Waals surface area contributed by atoms with Gasteiger partial charge in [0.1, 0.15) is 6.54 Å². The van der Waals surface area contributed by atoms with Crippen LogP contribution in [0.5, 0.6) is 0 Å². The molecule has 0 unspecified atom stereocenters. The summed E-state index contributed by atoms with van der Waals surface area (Å²) in [4.78, 5) is 38.8. The number of anilines is 3. The lowest BCUT2D eigenvalue weighted by atomic mass is 10.00. The fourth-order valence-electron chi connectivity index (χ4n) is 4.27. The molecule has 37 heavy (non-hydrogen) atoms. The molecule has 1 heterocycles. The molecule has 5 rings (SSSR count). The van der Waals surface area contributed by atoms with E-state index in [1.165, 1.54) is 4.90 Å². The summed E-state index contributed by atoms with van der Waals surface area (Å²) < 4.78 is 0. The molecule has 0 aromatic heterocycles. The largest absolute Gasteiger partial charge is 0.480 e. The molecule has 0 radical (unpaired) electrons. The Labute approximate surface area is 213 Å². The van der Waals surface area contributed by atoms with Gasteiger partial charge in [0.05, 0.1) is 11.3 Å². The fraction of sp³-hybridized carbons (Fsp3) is 0.0333. The molecule has 0 saturated carbocycles. The van der Waals surface area contributed by atoms with Crippen LogP contribution in [-0.2, 0) is 9.59 Å². The van der Waals surface area contributed by atoms with E-state index in [9.17, 15) is 19.5 Å². The zero-order chi connectivity index (χ0) is 25.8. The Balaban J connectivity index is 1.50. The van der Waals surface area contributed by atoms with E-state index < -0.39 is 18.4 Å². The molecule has 1 aliphatic rings. The highest BCUT2D eigenvalue weighted by molar-refractivity contribution is 6.37. The van der Waals surface area contributed by atoms with Gasteiger partial charge in [-0.2, -0.15) is 0 Å². The molecule has 0 bridgehead atoms. The molecule has 7 nitrogen and oxygen atoms in total. The van der Waals surface area contributed by atoms with Crippen LogP contribution in [0.2, 0.25) is 0 Å². The van der Waals surface area contributed by atoms with Gasteiger partial charge in [0, 0.05) is 28.2 Å². The number of carboxylic acid groups (broad SMARTS) is 1. The van der Waals surface area contributed by atoms with Gasteiger partial charge >= 0.3 is 5.97 Å². The van der Waals surface area contributed by atoms with Crippen LogP contribution in [0.3, 0.4) is 0 Å². The van der Waals surface area contributed by atoms with Crippen LogP contribution in [0.25, 0.3) is 11.3 Å². The highest BCUT2D eigenvalue weighted by atomic mass is 16.4. The van der Waals surface area contributed by atoms with E-state index in [2.05, 4.69) is 10.6 Å². The van der Waals surface area contributed by atoms with Crippen LogP contribution in [0.1, 0.15) is 21.5 Å². The molecule has 3 N–H and O–H groups in total. The third-order valence-corrected chi connectivity index (χ3v) is 5.99. The lowest BCUT2D eigenvalue weighted by Crippen LogP contribution is -2.35. The van der Waals surface area contributed by atoms with Gasteiger partial charge < -0.3 is 15.7 Å². The number of amides is 2. The first-order valence-electron chi connectivity index (χ1n) is 11.7. The number of rotatable bonds is 7. The number of nitrogens with zero attached hydrogens (tertiary/aromatic N) is 1. The lowest BCUT2D eigenvalue weighted by molar-refractivity contribution is -0.135. The second-order valence-corrected chi connectivity index (χ2v) is 8.44. The monoisotopic (exact) mass is 489 g/mol. The van der Waals surface area contributed by atoms with Crippen molar-refractivity contribution in [1.29, 1.82) is 0 Å². The summed E-state index contributed by atoms with van der Waals surface area (Å²) >= 11 is 0. The minimum absolute atomic E-state index is 0.203. The number of fused-ring (bicyclic) bond motifs is 1. The smallest absolute Gasteiger partial charge is 0.323 e. The third kappa shape index (κ3) is 4.97. The van der Waals surface area contributed by atoms with Crippen LogP contribution in [0, 0.1) is 0 Å². The zero-order valence-corrected chi connectivity index (χ0v) is 19.7. The molecule has 182 valence electrons.